The number of aldehydes is 1. The molecule has 0 aromatic carbocycles. The van der Waals surface area contributed by atoms with Gasteiger partial charge in [-0.05, 0) is 0 Å². The average Bonchev–Trinajstić information content (AvgIpc) is 2.18. The predicted molar refractivity (Wildman–Crippen MR) is 46.6 cm³/mol. The van der Waals surface area contributed by atoms with E-state index in [1.54, 1.807) is 0 Å². The summed E-state index contributed by atoms with van der Waals surface area (Å²) in [4.78, 5) is 33.4. The van der Waals surface area contributed by atoms with E-state index < -0.39 is 6.09 Å². The molecule has 0 spiro atoms. The van der Waals surface area contributed by atoms with Crippen molar-refractivity contribution in [1.82, 2.24) is 10.2 Å². The van der Waals surface area contributed by atoms with Crippen LogP contribution in [0, 0.1) is 0 Å². The normalized spacial score (nSPS) is 16.6. The molecular formula is C8H12N2O4. The minimum absolute atomic E-state index is 0.0273. The van der Waals surface area contributed by atoms with E-state index in [2.05, 4.69) is 5.32 Å². The zero-order valence-electron chi connectivity index (χ0n) is 7.69. The molecule has 78 valence electrons. The van der Waals surface area contributed by atoms with Crippen molar-refractivity contribution >= 4 is 18.3 Å². The van der Waals surface area contributed by atoms with Crippen LogP contribution in [-0.4, -0.2) is 49.4 Å². The van der Waals surface area contributed by atoms with Crippen molar-refractivity contribution in [3.8, 4) is 0 Å². The zero-order valence-corrected chi connectivity index (χ0v) is 7.69. The molecule has 0 atom stereocenters. The maximum absolute atomic E-state index is 11.2. The van der Waals surface area contributed by atoms with Crippen molar-refractivity contribution in [2.24, 2.45) is 0 Å². The average molecular weight is 200 g/mol. The molecule has 0 aliphatic carbocycles. The molecule has 1 rings (SSSR count). The molecular weight excluding hydrogens is 188 g/mol. The van der Waals surface area contributed by atoms with Crippen LogP contribution in [0.3, 0.4) is 0 Å². The van der Waals surface area contributed by atoms with Gasteiger partial charge in [-0.15, -0.1) is 0 Å². The third-order valence-corrected chi connectivity index (χ3v) is 1.77. The largest absolute Gasteiger partial charge is 0.449 e. The van der Waals surface area contributed by atoms with Gasteiger partial charge < -0.3 is 14.8 Å². The molecule has 6 heteroatoms. The zero-order chi connectivity index (χ0) is 10.4. The minimum atomic E-state index is -0.668. The molecule has 0 bridgehead atoms. The van der Waals surface area contributed by atoms with Gasteiger partial charge in [-0.3, -0.25) is 4.79 Å². The summed E-state index contributed by atoms with van der Waals surface area (Å²) in [6.45, 7) is 1.08. The summed E-state index contributed by atoms with van der Waals surface area (Å²) in [6.07, 6.45) is 0.150. The molecule has 1 saturated heterocycles. The number of piperazine rings is 1. The second-order valence-corrected chi connectivity index (χ2v) is 2.79. The van der Waals surface area contributed by atoms with E-state index in [1.807, 2.05) is 0 Å². The van der Waals surface area contributed by atoms with E-state index in [4.69, 9.17) is 4.74 Å². The van der Waals surface area contributed by atoms with Crippen molar-refractivity contribution in [2.45, 2.75) is 6.42 Å². The lowest BCUT2D eigenvalue weighted by Gasteiger charge is -2.24. The quantitative estimate of drug-likeness (QED) is 0.474. The van der Waals surface area contributed by atoms with Gasteiger partial charge >= 0.3 is 6.09 Å². The van der Waals surface area contributed by atoms with Gasteiger partial charge in [0.05, 0.1) is 13.2 Å². The fourth-order valence-corrected chi connectivity index (χ4v) is 1.07. The molecule has 0 aromatic heterocycles. The number of ether oxygens (including phenoxy) is 1. The molecule has 2 amide bonds. The SMILES string of the molecule is O=CCCOC(=O)N1CCNCC1=O. The standard InChI is InChI=1S/C8H12N2O4/c11-4-1-5-14-8(13)10-3-2-9-6-7(10)12/h4,9H,1-3,5-6H2. The predicted octanol–water partition coefficient (Wildman–Crippen LogP) is -0.856. The second kappa shape index (κ2) is 5.33. The van der Waals surface area contributed by atoms with Crippen LogP contribution in [0.1, 0.15) is 6.42 Å². The van der Waals surface area contributed by atoms with E-state index in [0.717, 1.165) is 4.90 Å². The van der Waals surface area contributed by atoms with Gasteiger partial charge in [-0.1, -0.05) is 0 Å². The summed E-state index contributed by atoms with van der Waals surface area (Å²) in [6, 6.07) is 0. The molecule has 1 aliphatic rings. The number of carbonyl (C=O) groups excluding carboxylic acids is 3. The maximum Gasteiger partial charge on any atom is 0.416 e. The van der Waals surface area contributed by atoms with Crippen LogP contribution in [0.4, 0.5) is 4.79 Å². The van der Waals surface area contributed by atoms with Crippen LogP contribution in [0.25, 0.3) is 0 Å². The van der Waals surface area contributed by atoms with Gasteiger partial charge in [0.1, 0.15) is 6.29 Å². The number of carbonyl (C=O) groups is 3. The molecule has 6 nitrogen and oxygen atoms in total. The number of hydrogen-bond donors (Lipinski definition) is 1. The Morgan fingerprint density at radius 2 is 2.43 bits per heavy atom. The summed E-state index contributed by atoms with van der Waals surface area (Å²) in [5.74, 6) is -0.299. The van der Waals surface area contributed by atoms with E-state index in [9.17, 15) is 14.4 Å². The molecule has 0 saturated carbocycles. The summed E-state index contributed by atoms with van der Waals surface area (Å²) in [5, 5.41) is 2.83. The monoisotopic (exact) mass is 200 g/mol. The second-order valence-electron chi connectivity index (χ2n) is 2.79. The lowest BCUT2D eigenvalue weighted by Crippen LogP contribution is -2.50. The van der Waals surface area contributed by atoms with Crippen LogP contribution >= 0.6 is 0 Å². The highest BCUT2D eigenvalue weighted by atomic mass is 16.6. The first-order valence-electron chi connectivity index (χ1n) is 4.37. The number of rotatable bonds is 3. The molecule has 1 N–H and O–H groups in total. The summed E-state index contributed by atoms with van der Waals surface area (Å²) in [7, 11) is 0. The third kappa shape index (κ3) is 2.81. The highest BCUT2D eigenvalue weighted by Gasteiger charge is 2.24. The van der Waals surface area contributed by atoms with Gasteiger partial charge in [0.25, 0.3) is 0 Å². The highest BCUT2D eigenvalue weighted by molar-refractivity contribution is 5.93. The molecule has 0 radical (unpaired) electrons. The Balaban J connectivity index is 2.34. The molecule has 14 heavy (non-hydrogen) atoms. The fraction of sp³-hybridized carbons (Fsp3) is 0.625. The topological polar surface area (TPSA) is 75.7 Å². The van der Waals surface area contributed by atoms with E-state index in [0.29, 0.717) is 19.4 Å². The van der Waals surface area contributed by atoms with Crippen LogP contribution in [0.15, 0.2) is 0 Å². The van der Waals surface area contributed by atoms with E-state index in [1.165, 1.54) is 0 Å². The first kappa shape index (κ1) is 10.6. The Morgan fingerprint density at radius 1 is 1.64 bits per heavy atom. The third-order valence-electron chi connectivity index (χ3n) is 1.77. The number of nitrogens with one attached hydrogen (secondary N) is 1. The maximum atomic E-state index is 11.2. The van der Waals surface area contributed by atoms with E-state index >= 15 is 0 Å². The summed E-state index contributed by atoms with van der Waals surface area (Å²) >= 11 is 0. The number of amides is 2. The first-order valence-corrected chi connectivity index (χ1v) is 4.37. The van der Waals surface area contributed by atoms with Crippen molar-refractivity contribution in [2.75, 3.05) is 26.2 Å². The van der Waals surface area contributed by atoms with Gasteiger partial charge in [0, 0.05) is 19.5 Å². The molecule has 1 fully saturated rings. The van der Waals surface area contributed by atoms with Crippen LogP contribution < -0.4 is 5.32 Å². The van der Waals surface area contributed by atoms with Gasteiger partial charge in [0.2, 0.25) is 5.91 Å². The lowest BCUT2D eigenvalue weighted by atomic mass is 10.4. The Labute approximate surface area is 81.2 Å². The lowest BCUT2D eigenvalue weighted by molar-refractivity contribution is -0.130. The molecule has 0 unspecified atom stereocenters. The smallest absolute Gasteiger partial charge is 0.416 e. The Morgan fingerprint density at radius 3 is 3.07 bits per heavy atom. The van der Waals surface area contributed by atoms with Crippen LogP contribution in [0.5, 0.6) is 0 Å². The number of nitrogens with zero attached hydrogens (tertiary/aromatic N) is 1. The molecule has 1 heterocycles. The number of hydrogen-bond acceptors (Lipinski definition) is 5. The summed E-state index contributed by atoms with van der Waals surface area (Å²) in [5.41, 5.74) is 0. The van der Waals surface area contributed by atoms with Crippen LogP contribution in [0.2, 0.25) is 0 Å². The van der Waals surface area contributed by atoms with E-state index in [-0.39, 0.29) is 25.5 Å². The fourth-order valence-electron chi connectivity index (χ4n) is 1.07. The van der Waals surface area contributed by atoms with Crippen molar-refractivity contribution in [3.05, 3.63) is 0 Å². The summed E-state index contributed by atoms with van der Waals surface area (Å²) < 4.78 is 4.70. The van der Waals surface area contributed by atoms with Crippen LogP contribution in [-0.2, 0) is 14.3 Å². The van der Waals surface area contributed by atoms with Crippen molar-refractivity contribution in [1.29, 1.82) is 0 Å². The molecule has 0 aromatic rings. The van der Waals surface area contributed by atoms with Gasteiger partial charge in [0.15, 0.2) is 0 Å². The Hall–Kier alpha value is -1.43. The molecule has 1 aliphatic heterocycles. The van der Waals surface area contributed by atoms with Crippen molar-refractivity contribution < 1.29 is 19.1 Å². The van der Waals surface area contributed by atoms with Gasteiger partial charge in [-0.2, -0.15) is 0 Å². The van der Waals surface area contributed by atoms with Crippen molar-refractivity contribution in [3.63, 3.8) is 0 Å². The van der Waals surface area contributed by atoms with Gasteiger partial charge in [-0.25, -0.2) is 9.69 Å². The minimum Gasteiger partial charge on any atom is -0.449 e. The first-order chi connectivity index (χ1) is 6.75. The highest BCUT2D eigenvalue weighted by Crippen LogP contribution is 1.98. The Bertz CT molecular complexity index is 241. The Kier molecular flexibility index (Phi) is 4.06. The number of imide groups is 1.